The van der Waals surface area contributed by atoms with Crippen LogP contribution in [0.1, 0.15) is 31.2 Å². The van der Waals surface area contributed by atoms with Crippen LogP contribution in [0, 0.1) is 0 Å². The van der Waals surface area contributed by atoms with E-state index in [1.807, 2.05) is 4.90 Å². The molecule has 2 fully saturated rings. The number of para-hydroxylation sites is 1. The Morgan fingerprint density at radius 3 is 2.57 bits per heavy atom. The molecule has 0 radical (unpaired) electrons. The summed E-state index contributed by atoms with van der Waals surface area (Å²) in [6, 6.07) is 9.65. The molecule has 3 nitrogen and oxygen atoms in total. The Balaban J connectivity index is 1.38. The monoisotopic (exact) mass is 285 g/mol. The second-order valence-corrected chi connectivity index (χ2v) is 6.93. The van der Waals surface area contributed by atoms with Crippen molar-refractivity contribution < 1.29 is 9.80 Å². The summed E-state index contributed by atoms with van der Waals surface area (Å²) in [5, 5.41) is 1.41. The van der Waals surface area contributed by atoms with Gasteiger partial charge in [0.2, 0.25) is 0 Å². The van der Waals surface area contributed by atoms with Gasteiger partial charge in [0, 0.05) is 48.3 Å². The zero-order valence-corrected chi connectivity index (χ0v) is 12.8. The third kappa shape index (κ3) is 2.72. The van der Waals surface area contributed by atoms with Gasteiger partial charge in [-0.15, -0.1) is 0 Å². The minimum absolute atomic E-state index is 0.958. The third-order valence-electron chi connectivity index (χ3n) is 5.63. The fourth-order valence-corrected chi connectivity index (χ4v) is 4.40. The predicted octanol–water partition coefficient (Wildman–Crippen LogP) is 0.394. The van der Waals surface area contributed by atoms with Crippen LogP contribution >= 0.6 is 0 Å². The fraction of sp³-hybridized carbons (Fsp3) is 0.556. The number of aromatic amines is 1. The molecule has 0 spiro atoms. The van der Waals surface area contributed by atoms with Crippen molar-refractivity contribution in [2.75, 3.05) is 26.2 Å². The van der Waals surface area contributed by atoms with Gasteiger partial charge >= 0.3 is 0 Å². The molecule has 0 unspecified atom stereocenters. The molecule has 3 heteroatoms. The van der Waals surface area contributed by atoms with Gasteiger partial charge in [-0.3, -0.25) is 0 Å². The van der Waals surface area contributed by atoms with Crippen molar-refractivity contribution in [2.24, 2.45) is 0 Å². The lowest BCUT2D eigenvalue weighted by molar-refractivity contribution is -0.957. The van der Waals surface area contributed by atoms with E-state index in [0.717, 1.165) is 6.04 Å². The second kappa shape index (κ2) is 5.82. The Morgan fingerprint density at radius 1 is 1.00 bits per heavy atom. The largest absolute Gasteiger partial charge is 0.361 e. The Bertz CT molecular complexity index is 589. The topological polar surface area (TPSA) is 24.7 Å². The highest BCUT2D eigenvalue weighted by Gasteiger charge is 2.31. The van der Waals surface area contributed by atoms with Gasteiger partial charge in [-0.05, 0) is 6.07 Å². The van der Waals surface area contributed by atoms with Crippen LogP contribution in [0.15, 0.2) is 30.5 Å². The lowest BCUT2D eigenvalue weighted by Gasteiger charge is -2.32. The van der Waals surface area contributed by atoms with Crippen molar-refractivity contribution in [3.8, 4) is 0 Å². The molecule has 21 heavy (non-hydrogen) atoms. The number of nitrogens with one attached hydrogen (secondary N) is 3. The number of aromatic nitrogens is 1. The summed E-state index contributed by atoms with van der Waals surface area (Å²) in [5.41, 5.74) is 2.77. The smallest absolute Gasteiger partial charge is 0.105 e. The van der Waals surface area contributed by atoms with Gasteiger partial charge in [0.15, 0.2) is 0 Å². The van der Waals surface area contributed by atoms with E-state index in [9.17, 15) is 0 Å². The molecule has 3 heterocycles. The number of rotatable bonds is 3. The van der Waals surface area contributed by atoms with Gasteiger partial charge in [0.25, 0.3) is 0 Å². The number of benzene rings is 1. The molecule has 4 rings (SSSR count). The third-order valence-corrected chi connectivity index (χ3v) is 5.63. The SMILES string of the molecule is c1ccc2c(C[NH+]3CCC([NH+]4CCCC4)CC3)c[nH]c2c1. The van der Waals surface area contributed by atoms with Crippen molar-refractivity contribution in [1.29, 1.82) is 0 Å². The molecule has 1 aromatic carbocycles. The molecule has 2 aliphatic rings. The zero-order valence-electron chi connectivity index (χ0n) is 12.8. The van der Waals surface area contributed by atoms with E-state index in [1.54, 1.807) is 4.90 Å². The summed E-state index contributed by atoms with van der Waals surface area (Å²) in [6.45, 7) is 6.76. The number of hydrogen-bond acceptors (Lipinski definition) is 0. The molecule has 2 aliphatic heterocycles. The van der Waals surface area contributed by atoms with Gasteiger partial charge in [0.1, 0.15) is 6.54 Å². The molecule has 0 aliphatic carbocycles. The van der Waals surface area contributed by atoms with Crippen molar-refractivity contribution in [2.45, 2.75) is 38.3 Å². The average Bonchev–Trinajstić information content (AvgIpc) is 3.19. The standard InChI is InChI=1S/C18H25N3/c1-2-6-18-17(5-1)15(13-19-18)14-20-11-7-16(8-12-20)21-9-3-4-10-21/h1-2,5-6,13,16,19H,3-4,7-12,14H2/p+2. The van der Waals surface area contributed by atoms with Crippen LogP contribution in [0.25, 0.3) is 10.9 Å². The second-order valence-electron chi connectivity index (χ2n) is 6.93. The molecular weight excluding hydrogens is 258 g/mol. The number of likely N-dealkylation sites (tertiary alicyclic amines) is 2. The summed E-state index contributed by atoms with van der Waals surface area (Å²) in [7, 11) is 0. The highest BCUT2D eigenvalue weighted by atomic mass is 15.2. The first kappa shape index (κ1) is 13.4. The average molecular weight is 285 g/mol. The minimum Gasteiger partial charge on any atom is -0.361 e. The van der Waals surface area contributed by atoms with Gasteiger partial charge in [0.05, 0.1) is 32.2 Å². The molecule has 0 atom stereocenters. The van der Waals surface area contributed by atoms with Crippen LogP contribution < -0.4 is 9.80 Å². The quantitative estimate of drug-likeness (QED) is 0.727. The summed E-state index contributed by atoms with van der Waals surface area (Å²) in [4.78, 5) is 7.09. The molecule has 112 valence electrons. The molecule has 1 aromatic heterocycles. The number of H-pyrrole nitrogens is 1. The summed E-state index contributed by atoms with van der Waals surface area (Å²) < 4.78 is 0. The van der Waals surface area contributed by atoms with Gasteiger partial charge < -0.3 is 14.8 Å². The first-order valence-electron chi connectivity index (χ1n) is 8.63. The maximum absolute atomic E-state index is 3.41. The molecular formula is C18H27N3+2. The molecule has 2 saturated heterocycles. The maximum Gasteiger partial charge on any atom is 0.105 e. The van der Waals surface area contributed by atoms with Crippen molar-refractivity contribution in [3.05, 3.63) is 36.0 Å². The summed E-state index contributed by atoms with van der Waals surface area (Å²) in [5.74, 6) is 0. The number of fused-ring (bicyclic) bond motifs is 1. The first-order chi connectivity index (χ1) is 10.4. The Morgan fingerprint density at radius 2 is 1.76 bits per heavy atom. The molecule has 3 N–H and O–H groups in total. The number of piperidine rings is 1. The number of hydrogen-bond donors (Lipinski definition) is 3. The zero-order chi connectivity index (χ0) is 14.1. The van der Waals surface area contributed by atoms with Crippen LogP contribution in [0.5, 0.6) is 0 Å². The van der Waals surface area contributed by atoms with Gasteiger partial charge in [-0.2, -0.15) is 0 Å². The minimum atomic E-state index is 0.958. The van der Waals surface area contributed by atoms with Crippen LogP contribution in [0.2, 0.25) is 0 Å². The lowest BCUT2D eigenvalue weighted by atomic mass is 10.0. The van der Waals surface area contributed by atoms with Crippen molar-refractivity contribution in [1.82, 2.24) is 4.98 Å². The normalized spacial score (nSPS) is 27.4. The molecule has 0 bridgehead atoms. The van der Waals surface area contributed by atoms with Crippen LogP contribution in [-0.4, -0.2) is 37.2 Å². The highest BCUT2D eigenvalue weighted by molar-refractivity contribution is 5.82. The van der Waals surface area contributed by atoms with Crippen LogP contribution in [-0.2, 0) is 6.54 Å². The fourth-order valence-electron chi connectivity index (χ4n) is 4.40. The first-order valence-corrected chi connectivity index (χ1v) is 8.63. The Kier molecular flexibility index (Phi) is 3.70. The maximum atomic E-state index is 3.41. The Hall–Kier alpha value is -1.32. The van der Waals surface area contributed by atoms with E-state index < -0.39 is 0 Å². The van der Waals surface area contributed by atoms with E-state index >= 15 is 0 Å². The highest BCUT2D eigenvalue weighted by Crippen LogP contribution is 2.16. The van der Waals surface area contributed by atoms with E-state index in [4.69, 9.17) is 0 Å². The summed E-state index contributed by atoms with van der Waals surface area (Å²) >= 11 is 0. The Labute approximate surface area is 126 Å². The van der Waals surface area contributed by atoms with E-state index in [2.05, 4.69) is 35.4 Å². The van der Waals surface area contributed by atoms with Crippen molar-refractivity contribution in [3.63, 3.8) is 0 Å². The lowest BCUT2D eigenvalue weighted by Crippen LogP contribution is -3.19. The van der Waals surface area contributed by atoms with Crippen molar-refractivity contribution >= 4 is 10.9 Å². The molecule has 0 amide bonds. The van der Waals surface area contributed by atoms with E-state index in [1.165, 1.54) is 74.9 Å². The predicted molar refractivity (Wildman–Crippen MR) is 85.7 cm³/mol. The van der Waals surface area contributed by atoms with Crippen LogP contribution in [0.4, 0.5) is 0 Å². The van der Waals surface area contributed by atoms with E-state index in [0.29, 0.717) is 0 Å². The molecule has 2 aromatic rings. The van der Waals surface area contributed by atoms with E-state index in [-0.39, 0.29) is 0 Å². The van der Waals surface area contributed by atoms with Gasteiger partial charge in [-0.25, -0.2) is 0 Å². The number of quaternary nitrogens is 2. The molecule has 0 saturated carbocycles. The summed E-state index contributed by atoms with van der Waals surface area (Å²) in [6.07, 6.45) is 7.98. The van der Waals surface area contributed by atoms with Gasteiger partial charge in [-0.1, -0.05) is 18.2 Å². The van der Waals surface area contributed by atoms with Crippen LogP contribution in [0.3, 0.4) is 0 Å².